The molecule has 0 aromatic rings. The maximum atomic E-state index is 12.4. The number of halogens is 3. The van der Waals surface area contributed by atoms with Crippen molar-refractivity contribution in [2.45, 2.75) is 39.3 Å². The quantitative estimate of drug-likeness (QED) is 0.728. The van der Waals surface area contributed by atoms with Gasteiger partial charge in [0.1, 0.15) is 5.60 Å². The zero-order valence-corrected chi connectivity index (χ0v) is 11.8. The van der Waals surface area contributed by atoms with Crippen LogP contribution in [0.25, 0.3) is 0 Å². The molecule has 1 heterocycles. The van der Waals surface area contributed by atoms with Crippen LogP contribution >= 0.6 is 0 Å². The number of ether oxygens (including phenoxy) is 1. The lowest BCUT2D eigenvalue weighted by molar-refractivity contribution is 0.00272. The van der Waals surface area contributed by atoms with Gasteiger partial charge in [-0.25, -0.2) is 4.79 Å². The summed E-state index contributed by atoms with van der Waals surface area (Å²) in [6.45, 7) is 2.92. The Bertz CT molecular complexity index is 331. The van der Waals surface area contributed by atoms with E-state index in [1.165, 1.54) is 9.80 Å². The lowest BCUT2D eigenvalue weighted by atomic mass is 9.90. The summed E-state index contributed by atoms with van der Waals surface area (Å²) in [5.74, 6) is 0. The van der Waals surface area contributed by atoms with Crippen LogP contribution in [0.15, 0.2) is 0 Å². The second-order valence-electron chi connectivity index (χ2n) is 5.99. The summed E-state index contributed by atoms with van der Waals surface area (Å²) in [7, 11) is 0. The summed E-state index contributed by atoms with van der Waals surface area (Å²) >= 11 is 0. The molecule has 8 heteroatoms. The van der Waals surface area contributed by atoms with Crippen molar-refractivity contribution < 1.29 is 22.5 Å². The Hall–Kier alpha value is -0.915. The van der Waals surface area contributed by atoms with Crippen molar-refractivity contribution in [2.75, 3.05) is 26.1 Å². The Morgan fingerprint density at radius 3 is 2.32 bits per heavy atom. The van der Waals surface area contributed by atoms with Crippen molar-refractivity contribution >= 4 is 13.1 Å². The second-order valence-corrected chi connectivity index (χ2v) is 5.99. The second kappa shape index (κ2) is 5.60. The summed E-state index contributed by atoms with van der Waals surface area (Å²) in [6, 6.07) is -0.276. The van der Waals surface area contributed by atoms with Crippen molar-refractivity contribution in [2.24, 2.45) is 0 Å². The molecule has 0 saturated carbocycles. The fraction of sp³-hybridized carbons (Fsp3) is 0.909. The first kappa shape index (κ1) is 16.1. The van der Waals surface area contributed by atoms with Crippen molar-refractivity contribution in [3.63, 3.8) is 0 Å². The molecule has 0 spiro atoms. The fourth-order valence-corrected chi connectivity index (χ4v) is 2.08. The fourth-order valence-electron chi connectivity index (χ4n) is 2.08. The number of carbonyl (C=O) groups excluding carboxylic acids is 1. The first-order chi connectivity index (χ1) is 8.48. The van der Waals surface area contributed by atoms with E-state index in [4.69, 9.17) is 4.74 Å². The van der Waals surface area contributed by atoms with Crippen LogP contribution in [-0.4, -0.2) is 60.6 Å². The predicted octanol–water partition coefficient (Wildman–Crippen LogP) is 2.31. The Balaban J connectivity index is 2.53. The van der Waals surface area contributed by atoms with Crippen molar-refractivity contribution in [3.05, 3.63) is 0 Å². The van der Waals surface area contributed by atoms with Gasteiger partial charge in [0.25, 0.3) is 0 Å². The third-order valence-electron chi connectivity index (χ3n) is 2.80. The summed E-state index contributed by atoms with van der Waals surface area (Å²) < 4.78 is 42.3. The minimum absolute atomic E-state index is 0.223. The van der Waals surface area contributed by atoms with Gasteiger partial charge in [-0.05, 0) is 34.1 Å². The van der Waals surface area contributed by atoms with Gasteiger partial charge in [0, 0.05) is 25.7 Å². The molecule has 0 radical (unpaired) electrons. The minimum Gasteiger partial charge on any atom is -0.448 e. The summed E-state index contributed by atoms with van der Waals surface area (Å²) in [4.78, 5) is 14.7. The molecule has 4 nitrogen and oxygen atoms in total. The zero-order chi connectivity index (χ0) is 14.8. The molecule has 0 aliphatic carbocycles. The monoisotopic (exact) mass is 281 g/mol. The first-order valence-electron chi connectivity index (χ1n) is 6.41. The average molecular weight is 281 g/mol. The van der Waals surface area contributed by atoms with Gasteiger partial charge in [-0.2, -0.15) is 0 Å². The normalized spacial score (nSPS) is 22.5. The molecule has 1 fully saturated rings. The molecule has 1 atom stereocenters. The van der Waals surface area contributed by atoms with Gasteiger partial charge in [0.05, 0.1) is 0 Å². The zero-order valence-electron chi connectivity index (χ0n) is 11.8. The lowest BCUT2D eigenvalue weighted by Crippen LogP contribution is -2.57. The van der Waals surface area contributed by atoms with Crippen molar-refractivity contribution in [1.82, 2.24) is 9.80 Å². The highest BCUT2D eigenvalue weighted by Crippen LogP contribution is 2.18. The predicted molar refractivity (Wildman–Crippen MR) is 67.9 cm³/mol. The number of hydrogen-bond donors (Lipinski definition) is 0. The van der Waals surface area contributed by atoms with Gasteiger partial charge in [0.2, 0.25) is 0 Å². The Morgan fingerprint density at radius 1 is 1.32 bits per heavy atom. The molecule has 1 amide bonds. The van der Waals surface area contributed by atoms with E-state index in [9.17, 15) is 17.7 Å². The third kappa shape index (κ3) is 5.71. The maximum absolute atomic E-state index is 12.4. The molecule has 0 bridgehead atoms. The van der Waals surface area contributed by atoms with Gasteiger partial charge in [0.15, 0.2) is 0 Å². The van der Waals surface area contributed by atoms with Crippen LogP contribution in [-0.2, 0) is 4.74 Å². The number of amides is 1. The van der Waals surface area contributed by atoms with E-state index in [-0.39, 0.29) is 25.7 Å². The van der Waals surface area contributed by atoms with E-state index in [0.29, 0.717) is 0 Å². The van der Waals surface area contributed by atoms with E-state index in [2.05, 4.69) is 0 Å². The lowest BCUT2D eigenvalue weighted by Gasteiger charge is -2.41. The smallest absolute Gasteiger partial charge is 0.448 e. The average Bonchev–Trinajstić information content (AvgIpc) is 2.11. The van der Waals surface area contributed by atoms with E-state index < -0.39 is 25.1 Å². The first-order valence-corrected chi connectivity index (χ1v) is 6.41. The van der Waals surface area contributed by atoms with Crippen LogP contribution in [0.2, 0.25) is 0 Å². The van der Waals surface area contributed by atoms with E-state index in [1.54, 1.807) is 27.7 Å². The molecule has 0 N–H and O–H groups in total. The molecule has 1 aliphatic rings. The topological polar surface area (TPSA) is 32.8 Å². The Morgan fingerprint density at radius 2 is 1.89 bits per heavy atom. The molecule has 112 valence electrons. The van der Waals surface area contributed by atoms with Gasteiger partial charge in [-0.1, -0.05) is 0 Å². The Labute approximate surface area is 111 Å². The van der Waals surface area contributed by atoms with Crippen LogP contribution < -0.4 is 0 Å². The van der Waals surface area contributed by atoms with Gasteiger partial charge in [-0.15, -0.1) is 0 Å². The summed E-state index contributed by atoms with van der Waals surface area (Å²) in [6.07, 6.45) is -1.33. The van der Waals surface area contributed by atoms with Gasteiger partial charge >= 0.3 is 13.1 Å². The highest BCUT2D eigenvalue weighted by atomic mass is 19.4. The number of rotatable bonds is 2. The maximum Gasteiger partial charge on any atom is 0.492 e. The van der Waals surface area contributed by atoms with E-state index in [0.717, 1.165) is 0 Å². The van der Waals surface area contributed by atoms with Crippen molar-refractivity contribution in [1.29, 1.82) is 0 Å². The molecule has 1 rings (SSSR count). The molecule has 0 aromatic heterocycles. The third-order valence-corrected chi connectivity index (χ3v) is 2.80. The van der Waals surface area contributed by atoms with Gasteiger partial charge in [-0.3, -0.25) is 0 Å². The molecular weight excluding hydrogens is 260 g/mol. The molecule has 1 aliphatic heterocycles. The van der Waals surface area contributed by atoms with E-state index >= 15 is 0 Å². The number of hydrogen-bond acceptors (Lipinski definition) is 3. The van der Waals surface area contributed by atoms with Crippen LogP contribution in [0.5, 0.6) is 0 Å². The number of carbonyl (C=O) groups is 1. The van der Waals surface area contributed by atoms with Crippen LogP contribution in [0, 0.1) is 0 Å². The molecule has 19 heavy (non-hydrogen) atoms. The molecule has 0 aromatic carbocycles. The minimum atomic E-state index is -4.82. The van der Waals surface area contributed by atoms with E-state index in [1.807, 2.05) is 0 Å². The van der Waals surface area contributed by atoms with Crippen LogP contribution in [0.1, 0.15) is 27.7 Å². The molecular formula is C11H21BF3N2O2-. The number of piperazine rings is 1. The van der Waals surface area contributed by atoms with Crippen LogP contribution in [0.4, 0.5) is 17.7 Å². The summed E-state index contributed by atoms with van der Waals surface area (Å²) in [5, 5.41) is 0. The molecule has 0 unspecified atom stereocenters. The standard InChI is InChI=1S/C11H21BF3N2O2/c1-9-7-16(8-12(13,14)15)5-6-17(9)10(18)19-11(2,3)4/h9H,5-8H2,1-4H3/q-1/t9-/m0/s1. The van der Waals surface area contributed by atoms with Gasteiger partial charge < -0.3 is 27.5 Å². The highest BCUT2D eigenvalue weighted by Gasteiger charge is 2.34. The molecule has 1 saturated heterocycles. The van der Waals surface area contributed by atoms with Crippen LogP contribution in [0.3, 0.4) is 0 Å². The van der Waals surface area contributed by atoms with Crippen molar-refractivity contribution in [3.8, 4) is 0 Å². The SMILES string of the molecule is C[C@H]1CN(C[B-](F)(F)F)CCN1C(=O)OC(C)(C)C. The highest BCUT2D eigenvalue weighted by molar-refractivity contribution is 6.58. The Kier molecular flexibility index (Phi) is 4.76. The number of nitrogens with zero attached hydrogens (tertiary/aromatic N) is 2. The largest absolute Gasteiger partial charge is 0.492 e. The summed E-state index contributed by atoms with van der Waals surface area (Å²) in [5.41, 5.74) is -0.594.